The van der Waals surface area contributed by atoms with Crippen molar-refractivity contribution < 1.29 is 19.3 Å². The molecule has 0 radical (unpaired) electrons. The van der Waals surface area contributed by atoms with E-state index in [1.807, 2.05) is 18.2 Å². The van der Waals surface area contributed by atoms with E-state index in [0.29, 0.717) is 25.8 Å². The molecule has 5 nitrogen and oxygen atoms in total. The van der Waals surface area contributed by atoms with Crippen LogP contribution in [-0.4, -0.2) is 44.6 Å². The van der Waals surface area contributed by atoms with Crippen LogP contribution in [0, 0.1) is 0 Å². The minimum absolute atomic E-state index is 0.306. The number of hydrogen-bond donors (Lipinski definition) is 2. The molecule has 0 aromatic heterocycles. The van der Waals surface area contributed by atoms with Gasteiger partial charge in [-0.05, 0) is 31.0 Å². The van der Waals surface area contributed by atoms with Crippen molar-refractivity contribution in [3.05, 3.63) is 23.8 Å². The number of hydrogen-bond acceptors (Lipinski definition) is 5. The van der Waals surface area contributed by atoms with Crippen LogP contribution in [0.15, 0.2) is 18.2 Å². The van der Waals surface area contributed by atoms with Crippen LogP contribution >= 0.6 is 0 Å². The van der Waals surface area contributed by atoms with Gasteiger partial charge in [0.2, 0.25) is 0 Å². The first-order valence-corrected chi connectivity index (χ1v) is 7.93. The van der Waals surface area contributed by atoms with Gasteiger partial charge in [0.05, 0.1) is 33.5 Å². The maximum absolute atomic E-state index is 9.97. The van der Waals surface area contributed by atoms with Gasteiger partial charge in [-0.2, -0.15) is 0 Å². The van der Waals surface area contributed by atoms with Crippen molar-refractivity contribution in [1.29, 1.82) is 0 Å². The van der Waals surface area contributed by atoms with E-state index in [2.05, 4.69) is 5.32 Å². The van der Waals surface area contributed by atoms with E-state index in [1.165, 1.54) is 25.7 Å². The quantitative estimate of drug-likeness (QED) is 0.731. The lowest BCUT2D eigenvalue weighted by Crippen LogP contribution is -2.36. The van der Waals surface area contributed by atoms with Crippen molar-refractivity contribution in [2.75, 3.05) is 27.4 Å². The Morgan fingerprint density at radius 1 is 1.23 bits per heavy atom. The highest BCUT2D eigenvalue weighted by atomic mass is 16.5. The summed E-state index contributed by atoms with van der Waals surface area (Å²) in [5.41, 5.74) is 0.915. The molecule has 0 saturated heterocycles. The Labute approximate surface area is 132 Å². The Hall–Kier alpha value is -1.30. The predicted molar refractivity (Wildman–Crippen MR) is 85.5 cm³/mol. The first kappa shape index (κ1) is 17.1. The average molecular weight is 309 g/mol. The third kappa shape index (κ3) is 5.16. The molecule has 2 rings (SSSR count). The maximum atomic E-state index is 9.97. The predicted octanol–water partition coefficient (Wildman–Crippen LogP) is 2.11. The Balaban J connectivity index is 1.72. The van der Waals surface area contributed by atoms with Crippen LogP contribution in [-0.2, 0) is 11.3 Å². The van der Waals surface area contributed by atoms with E-state index < -0.39 is 6.10 Å². The summed E-state index contributed by atoms with van der Waals surface area (Å²) in [6.45, 7) is 1.28. The first-order chi connectivity index (χ1) is 10.7. The monoisotopic (exact) mass is 309 g/mol. The molecule has 1 aliphatic rings. The Morgan fingerprint density at radius 3 is 2.68 bits per heavy atom. The molecular weight excluding hydrogens is 282 g/mol. The number of benzene rings is 1. The summed E-state index contributed by atoms with van der Waals surface area (Å²) in [5.74, 6) is 1.53. The second-order valence-electron chi connectivity index (χ2n) is 5.74. The summed E-state index contributed by atoms with van der Waals surface area (Å²) in [6.07, 6.45) is 4.53. The normalized spacial score (nSPS) is 16.7. The summed E-state index contributed by atoms with van der Waals surface area (Å²) in [7, 11) is 3.26. The van der Waals surface area contributed by atoms with Crippen LogP contribution < -0.4 is 14.8 Å². The number of aliphatic hydroxyl groups excluding tert-OH is 1. The number of ether oxygens (including phenoxy) is 3. The molecule has 2 N–H and O–H groups in total. The van der Waals surface area contributed by atoms with Crippen molar-refractivity contribution in [3.8, 4) is 11.5 Å². The van der Waals surface area contributed by atoms with Crippen molar-refractivity contribution in [3.63, 3.8) is 0 Å². The van der Waals surface area contributed by atoms with E-state index in [1.54, 1.807) is 14.2 Å². The molecular formula is C17H27NO4. The molecule has 1 aliphatic carbocycles. The fraction of sp³-hybridized carbons (Fsp3) is 0.647. The maximum Gasteiger partial charge on any atom is 0.124 e. The van der Waals surface area contributed by atoms with E-state index in [4.69, 9.17) is 14.2 Å². The third-order valence-electron chi connectivity index (χ3n) is 4.05. The van der Waals surface area contributed by atoms with Crippen LogP contribution in [0.5, 0.6) is 11.5 Å². The standard InChI is InChI=1S/C17H27NO4/c1-20-16-7-8-17(21-2)13(9-16)11-22-12-15(19)10-18-14-5-3-4-6-14/h7-9,14-15,18-19H,3-6,10-12H2,1-2H3. The van der Waals surface area contributed by atoms with E-state index in [-0.39, 0.29) is 0 Å². The third-order valence-corrected chi connectivity index (χ3v) is 4.05. The van der Waals surface area contributed by atoms with Gasteiger partial charge in [0, 0.05) is 18.2 Å². The van der Waals surface area contributed by atoms with Crippen LogP contribution in [0.1, 0.15) is 31.2 Å². The van der Waals surface area contributed by atoms with Crippen molar-refractivity contribution in [1.82, 2.24) is 5.32 Å². The van der Waals surface area contributed by atoms with Gasteiger partial charge in [0.1, 0.15) is 11.5 Å². The van der Waals surface area contributed by atoms with Gasteiger partial charge in [0.25, 0.3) is 0 Å². The zero-order valence-corrected chi connectivity index (χ0v) is 13.5. The van der Waals surface area contributed by atoms with Crippen LogP contribution in [0.4, 0.5) is 0 Å². The highest BCUT2D eigenvalue weighted by Crippen LogP contribution is 2.24. The number of rotatable bonds is 9. The lowest BCUT2D eigenvalue weighted by atomic mass is 10.2. The molecule has 124 valence electrons. The molecule has 1 aromatic rings. The summed E-state index contributed by atoms with van der Waals surface area (Å²) < 4.78 is 16.1. The number of nitrogens with one attached hydrogen (secondary N) is 1. The molecule has 0 aliphatic heterocycles. The minimum atomic E-state index is -0.489. The molecule has 0 amide bonds. The summed E-state index contributed by atoms with van der Waals surface area (Å²) in [6, 6.07) is 6.16. The Kier molecular flexibility index (Phi) is 6.96. The summed E-state index contributed by atoms with van der Waals surface area (Å²) in [4.78, 5) is 0. The molecule has 0 heterocycles. The van der Waals surface area contributed by atoms with Crippen molar-refractivity contribution in [2.45, 2.75) is 44.4 Å². The van der Waals surface area contributed by atoms with Gasteiger partial charge in [-0.25, -0.2) is 0 Å². The van der Waals surface area contributed by atoms with Gasteiger partial charge in [-0.3, -0.25) is 0 Å². The Bertz CT molecular complexity index is 446. The summed E-state index contributed by atoms with van der Waals surface area (Å²) >= 11 is 0. The largest absolute Gasteiger partial charge is 0.497 e. The van der Waals surface area contributed by atoms with Gasteiger partial charge in [-0.15, -0.1) is 0 Å². The fourth-order valence-electron chi connectivity index (χ4n) is 2.79. The zero-order valence-electron chi connectivity index (χ0n) is 13.5. The van der Waals surface area contributed by atoms with Crippen molar-refractivity contribution in [2.24, 2.45) is 0 Å². The topological polar surface area (TPSA) is 60.0 Å². The van der Waals surface area contributed by atoms with Crippen LogP contribution in [0.3, 0.4) is 0 Å². The molecule has 1 unspecified atom stereocenters. The molecule has 0 spiro atoms. The molecule has 1 aromatic carbocycles. The molecule has 1 fully saturated rings. The number of methoxy groups -OCH3 is 2. The lowest BCUT2D eigenvalue weighted by molar-refractivity contribution is 0.0270. The SMILES string of the molecule is COc1ccc(OC)c(COCC(O)CNC2CCCC2)c1. The van der Waals surface area contributed by atoms with Crippen molar-refractivity contribution >= 4 is 0 Å². The summed E-state index contributed by atoms with van der Waals surface area (Å²) in [5, 5.41) is 13.4. The zero-order chi connectivity index (χ0) is 15.8. The first-order valence-electron chi connectivity index (χ1n) is 7.93. The highest BCUT2D eigenvalue weighted by molar-refractivity contribution is 5.39. The Morgan fingerprint density at radius 2 is 2.00 bits per heavy atom. The van der Waals surface area contributed by atoms with Crippen LogP contribution in [0.2, 0.25) is 0 Å². The molecule has 0 bridgehead atoms. The van der Waals surface area contributed by atoms with Gasteiger partial charge in [-0.1, -0.05) is 12.8 Å². The van der Waals surface area contributed by atoms with E-state index in [0.717, 1.165) is 17.1 Å². The smallest absolute Gasteiger partial charge is 0.124 e. The average Bonchev–Trinajstić information content (AvgIpc) is 3.06. The minimum Gasteiger partial charge on any atom is -0.497 e. The second kappa shape index (κ2) is 8.98. The van der Waals surface area contributed by atoms with Gasteiger partial charge >= 0.3 is 0 Å². The van der Waals surface area contributed by atoms with E-state index >= 15 is 0 Å². The molecule has 5 heteroatoms. The molecule has 1 saturated carbocycles. The van der Waals surface area contributed by atoms with Gasteiger partial charge in [0.15, 0.2) is 0 Å². The van der Waals surface area contributed by atoms with E-state index in [9.17, 15) is 5.11 Å². The second-order valence-corrected chi connectivity index (χ2v) is 5.74. The molecule has 1 atom stereocenters. The number of aliphatic hydroxyl groups is 1. The highest BCUT2D eigenvalue weighted by Gasteiger charge is 2.15. The fourth-order valence-corrected chi connectivity index (χ4v) is 2.79. The van der Waals surface area contributed by atoms with Gasteiger partial charge < -0.3 is 24.6 Å². The van der Waals surface area contributed by atoms with Crippen LogP contribution in [0.25, 0.3) is 0 Å². The lowest BCUT2D eigenvalue weighted by Gasteiger charge is -2.17. The molecule has 22 heavy (non-hydrogen) atoms.